The first-order chi connectivity index (χ1) is 30.6. The quantitative estimate of drug-likeness (QED) is 0.163. The van der Waals surface area contributed by atoms with E-state index in [4.69, 9.17) is 9.47 Å². The minimum Gasteiger partial charge on any atom is -0.449 e. The Kier molecular flexibility index (Phi) is 15.4. The molecule has 63 heavy (non-hydrogen) atoms. The molecular weight excluding hydrogens is 805 g/mol. The van der Waals surface area contributed by atoms with Crippen LogP contribution in [0.1, 0.15) is 80.5 Å². The smallest absolute Gasteiger partial charge is 0.414 e. The van der Waals surface area contributed by atoms with Gasteiger partial charge in [-0.2, -0.15) is 0 Å². The van der Waals surface area contributed by atoms with Crippen LogP contribution in [0.5, 0.6) is 0 Å². The Morgan fingerprint density at radius 2 is 1.11 bits per heavy atom. The van der Waals surface area contributed by atoms with Crippen molar-refractivity contribution < 1.29 is 33.8 Å². The zero-order valence-corrected chi connectivity index (χ0v) is 36.8. The number of aliphatic hydroxyl groups excluding tert-OH is 1. The van der Waals surface area contributed by atoms with E-state index in [1.165, 1.54) is 16.2 Å². The number of β-amino-alcohol motifs (C(OH)–C–C–N with tert-alkyl or cyclic N) is 1. The van der Waals surface area contributed by atoms with Gasteiger partial charge in [-0.05, 0) is 82.3 Å². The van der Waals surface area contributed by atoms with Gasteiger partial charge in [0.05, 0.1) is 78.0 Å². The fraction of sp³-hybridized carbons (Fsp3) is 0.391. The molecule has 2 aliphatic heterocycles. The number of carbonyl (C=O) groups is 4. The first-order valence-electron chi connectivity index (χ1n) is 21.5. The molecule has 6 aromatic heterocycles. The van der Waals surface area contributed by atoms with Crippen molar-refractivity contribution in [3.05, 3.63) is 97.1 Å². The summed E-state index contributed by atoms with van der Waals surface area (Å²) in [6.45, 7) is 10.7. The number of piperidine rings is 2. The molecule has 8 heterocycles. The second-order valence-electron chi connectivity index (χ2n) is 14.9. The summed E-state index contributed by atoms with van der Waals surface area (Å²) < 4.78 is 13.8. The van der Waals surface area contributed by atoms with Gasteiger partial charge in [-0.1, -0.05) is 13.8 Å². The summed E-state index contributed by atoms with van der Waals surface area (Å²) in [6.07, 6.45) is 17.0. The van der Waals surface area contributed by atoms with Crippen molar-refractivity contribution in [3.8, 4) is 11.4 Å². The molecule has 4 amide bonds. The largest absolute Gasteiger partial charge is 0.449 e. The van der Waals surface area contributed by atoms with Gasteiger partial charge in [0.1, 0.15) is 11.3 Å². The number of aliphatic hydroxyl groups is 1. The van der Waals surface area contributed by atoms with Gasteiger partial charge in [0.25, 0.3) is 11.8 Å². The number of carbonyl (C=O) groups excluding carboxylic acids is 4. The maximum Gasteiger partial charge on any atom is 0.414 e. The van der Waals surface area contributed by atoms with Crippen molar-refractivity contribution in [2.75, 3.05) is 63.3 Å². The molecule has 0 radical (unpaired) electrons. The second kappa shape index (κ2) is 21.3. The van der Waals surface area contributed by atoms with Crippen LogP contribution in [0, 0.1) is 0 Å². The predicted molar refractivity (Wildman–Crippen MR) is 241 cm³/mol. The van der Waals surface area contributed by atoms with E-state index in [0.717, 1.165) is 66.6 Å². The van der Waals surface area contributed by atoms with Gasteiger partial charge in [-0.25, -0.2) is 19.6 Å². The van der Waals surface area contributed by atoms with E-state index in [9.17, 15) is 24.3 Å². The van der Waals surface area contributed by atoms with Crippen LogP contribution in [0.4, 0.5) is 21.0 Å². The highest BCUT2D eigenvalue weighted by Gasteiger charge is 2.24. The number of amides is 4. The van der Waals surface area contributed by atoms with E-state index in [2.05, 4.69) is 19.9 Å². The minimum absolute atomic E-state index is 0.0385. The van der Waals surface area contributed by atoms with Gasteiger partial charge in [-0.3, -0.25) is 38.5 Å². The molecule has 1 unspecified atom stereocenters. The third-order valence-corrected chi connectivity index (χ3v) is 10.7. The van der Waals surface area contributed by atoms with Crippen LogP contribution in [0.2, 0.25) is 0 Å². The molecular formula is C46H56N10O7. The topological polar surface area (TPSA) is 181 Å². The number of ether oxygens (including phenoxy) is 2. The SMILES string of the molecule is CC.CCOC(=O)N(C)c1cncc(-n2ccc3cc(C(=O)N4CCCC(O)C4)cnc32)c1.CCOC(=O)N(C)c1cncc(-n2ccc3cc(C(=O)N4CCCCC4)cnc32)c1. The van der Waals surface area contributed by atoms with Crippen molar-refractivity contribution in [1.29, 1.82) is 0 Å². The van der Waals surface area contributed by atoms with Crippen LogP contribution in [-0.4, -0.2) is 128 Å². The molecule has 6 aromatic rings. The highest BCUT2D eigenvalue weighted by molar-refractivity contribution is 5.98. The molecule has 0 aromatic carbocycles. The van der Waals surface area contributed by atoms with E-state index in [1.54, 1.807) is 70.0 Å². The molecule has 0 saturated carbocycles. The van der Waals surface area contributed by atoms with Crippen molar-refractivity contribution in [1.82, 2.24) is 38.9 Å². The van der Waals surface area contributed by atoms with Crippen molar-refractivity contribution in [2.24, 2.45) is 0 Å². The standard InChI is InChI=1S/C22H25N5O4.C22H25N5O3.C2H6/c1-3-31-22(30)25(2)17-10-18(13-23-12-17)27-8-6-15-9-16(11-24-20(15)27)21(29)26-7-4-5-19(28)14-26;1-3-30-22(29)25(2)18-12-19(15-23-14-18)27-10-7-16-11-17(13-24-20(16)27)21(28)26-8-5-4-6-9-26;1-2/h6,8-13,19,28H,3-5,7,14H2,1-2H3;7,10-15H,3-6,8-9H2,1-2H3;1-2H3. The Hall–Kier alpha value is -6.88. The summed E-state index contributed by atoms with van der Waals surface area (Å²) in [6, 6.07) is 11.2. The molecule has 332 valence electrons. The van der Waals surface area contributed by atoms with Gasteiger partial charge in [0.15, 0.2) is 0 Å². The van der Waals surface area contributed by atoms with Crippen molar-refractivity contribution in [2.45, 2.75) is 65.9 Å². The third kappa shape index (κ3) is 10.6. The van der Waals surface area contributed by atoms with Gasteiger partial charge in [0, 0.05) is 75.8 Å². The van der Waals surface area contributed by atoms with Crippen molar-refractivity contribution >= 4 is 57.4 Å². The van der Waals surface area contributed by atoms with Crippen LogP contribution in [-0.2, 0) is 9.47 Å². The lowest BCUT2D eigenvalue weighted by Crippen LogP contribution is -2.42. The fourth-order valence-corrected chi connectivity index (χ4v) is 7.41. The molecule has 8 rings (SSSR count). The Morgan fingerprint density at radius 1 is 0.651 bits per heavy atom. The minimum atomic E-state index is -0.469. The lowest BCUT2D eigenvalue weighted by molar-refractivity contribution is 0.0473. The predicted octanol–water partition coefficient (Wildman–Crippen LogP) is 7.28. The number of likely N-dealkylation sites (tertiary alicyclic amines) is 2. The molecule has 2 saturated heterocycles. The molecule has 2 fully saturated rings. The second-order valence-corrected chi connectivity index (χ2v) is 14.9. The normalized spacial score (nSPS) is 14.8. The van der Waals surface area contributed by atoms with E-state index in [0.29, 0.717) is 54.5 Å². The number of rotatable bonds is 8. The summed E-state index contributed by atoms with van der Waals surface area (Å²) >= 11 is 0. The molecule has 17 heteroatoms. The molecule has 1 atom stereocenters. The van der Waals surface area contributed by atoms with Gasteiger partial charge < -0.3 is 24.4 Å². The Labute approximate surface area is 366 Å². The molecule has 2 aliphatic rings. The molecule has 17 nitrogen and oxygen atoms in total. The summed E-state index contributed by atoms with van der Waals surface area (Å²) in [7, 11) is 3.27. The number of nitrogens with zero attached hydrogens (tertiary/aromatic N) is 10. The van der Waals surface area contributed by atoms with Crippen molar-refractivity contribution in [3.63, 3.8) is 0 Å². The molecule has 1 N–H and O–H groups in total. The lowest BCUT2D eigenvalue weighted by Gasteiger charge is -2.30. The van der Waals surface area contributed by atoms with Gasteiger partial charge in [-0.15, -0.1) is 0 Å². The van der Waals surface area contributed by atoms with E-state index < -0.39 is 18.3 Å². The van der Waals surface area contributed by atoms with Gasteiger partial charge in [0.2, 0.25) is 0 Å². The summed E-state index contributed by atoms with van der Waals surface area (Å²) in [5, 5.41) is 11.5. The number of pyridine rings is 4. The lowest BCUT2D eigenvalue weighted by atomic mass is 10.1. The number of fused-ring (bicyclic) bond motifs is 2. The summed E-state index contributed by atoms with van der Waals surface area (Å²) in [5.74, 6) is -0.0859. The Morgan fingerprint density at radius 3 is 1.57 bits per heavy atom. The highest BCUT2D eigenvalue weighted by atomic mass is 16.6. The van der Waals surface area contributed by atoms with Crippen LogP contribution < -0.4 is 9.80 Å². The Balaban J connectivity index is 0.000000202. The molecule has 0 aliphatic carbocycles. The van der Waals surface area contributed by atoms with E-state index >= 15 is 0 Å². The average Bonchev–Trinajstić information content (AvgIpc) is 3.96. The number of anilines is 2. The summed E-state index contributed by atoms with van der Waals surface area (Å²) in [4.78, 5) is 73.6. The average molecular weight is 861 g/mol. The Bertz CT molecular complexity index is 2530. The maximum absolute atomic E-state index is 12.8. The molecule has 0 bridgehead atoms. The van der Waals surface area contributed by atoms with Gasteiger partial charge >= 0.3 is 12.2 Å². The zero-order chi connectivity index (χ0) is 45.0. The van der Waals surface area contributed by atoms with E-state index in [-0.39, 0.29) is 11.8 Å². The number of hydrogen-bond acceptors (Lipinski definition) is 11. The highest BCUT2D eigenvalue weighted by Crippen LogP contribution is 2.26. The van der Waals surface area contributed by atoms with Crippen LogP contribution >= 0.6 is 0 Å². The first kappa shape index (κ1) is 45.6. The van der Waals surface area contributed by atoms with E-state index in [1.807, 2.05) is 76.7 Å². The molecule has 0 spiro atoms. The summed E-state index contributed by atoms with van der Waals surface area (Å²) in [5.41, 5.74) is 5.20. The van der Waals surface area contributed by atoms with Crippen LogP contribution in [0.25, 0.3) is 33.4 Å². The third-order valence-electron chi connectivity index (χ3n) is 10.7. The van der Waals surface area contributed by atoms with Crippen LogP contribution in [0.15, 0.2) is 86.0 Å². The number of aromatic nitrogens is 6. The maximum atomic E-state index is 12.8. The number of hydrogen-bond donors (Lipinski definition) is 1. The zero-order valence-electron chi connectivity index (χ0n) is 36.8. The van der Waals surface area contributed by atoms with Crippen LogP contribution in [0.3, 0.4) is 0 Å². The monoisotopic (exact) mass is 860 g/mol. The fourth-order valence-electron chi connectivity index (χ4n) is 7.41. The first-order valence-corrected chi connectivity index (χ1v) is 21.5.